The Balaban J connectivity index is 2.58. The SMILES string of the molecule is CCS(=O)(=O)N1CCCCC1CNC(=O)CCN. The molecule has 0 bridgehead atoms. The fourth-order valence-electron chi connectivity index (χ4n) is 2.16. The van der Waals surface area contributed by atoms with Crippen LogP contribution in [0.2, 0.25) is 0 Å². The first-order chi connectivity index (χ1) is 8.51. The van der Waals surface area contributed by atoms with Gasteiger partial charge in [0.25, 0.3) is 0 Å². The van der Waals surface area contributed by atoms with E-state index in [1.165, 1.54) is 0 Å². The number of amides is 1. The molecule has 3 N–H and O–H groups in total. The third kappa shape index (κ3) is 4.22. The molecule has 1 aliphatic rings. The van der Waals surface area contributed by atoms with Crippen LogP contribution in [-0.2, 0) is 14.8 Å². The highest BCUT2D eigenvalue weighted by molar-refractivity contribution is 7.89. The van der Waals surface area contributed by atoms with Gasteiger partial charge in [-0.15, -0.1) is 0 Å². The number of nitrogens with one attached hydrogen (secondary N) is 1. The van der Waals surface area contributed by atoms with Gasteiger partial charge < -0.3 is 11.1 Å². The Hall–Kier alpha value is -0.660. The summed E-state index contributed by atoms with van der Waals surface area (Å²) >= 11 is 0. The van der Waals surface area contributed by atoms with Gasteiger partial charge in [0.1, 0.15) is 0 Å². The van der Waals surface area contributed by atoms with Gasteiger partial charge in [0, 0.05) is 32.1 Å². The predicted molar refractivity (Wildman–Crippen MR) is 70.5 cm³/mol. The van der Waals surface area contributed by atoms with Crippen LogP contribution >= 0.6 is 0 Å². The molecule has 106 valence electrons. The first-order valence-electron chi connectivity index (χ1n) is 6.47. The molecule has 1 saturated heterocycles. The first-order valence-corrected chi connectivity index (χ1v) is 8.08. The van der Waals surface area contributed by atoms with Gasteiger partial charge in [0.15, 0.2) is 0 Å². The van der Waals surface area contributed by atoms with Gasteiger partial charge in [0.2, 0.25) is 15.9 Å². The lowest BCUT2D eigenvalue weighted by molar-refractivity contribution is -0.121. The Morgan fingerprint density at radius 3 is 2.78 bits per heavy atom. The molecule has 1 atom stereocenters. The van der Waals surface area contributed by atoms with Crippen molar-refractivity contribution in [3.05, 3.63) is 0 Å². The summed E-state index contributed by atoms with van der Waals surface area (Å²) in [6.45, 7) is 2.91. The third-order valence-corrected chi connectivity index (χ3v) is 5.13. The van der Waals surface area contributed by atoms with Crippen molar-refractivity contribution in [3.8, 4) is 0 Å². The maximum atomic E-state index is 11.9. The second kappa shape index (κ2) is 7.06. The zero-order chi connectivity index (χ0) is 13.6. The van der Waals surface area contributed by atoms with E-state index in [2.05, 4.69) is 5.32 Å². The molecule has 0 saturated carbocycles. The molecule has 1 heterocycles. The fraction of sp³-hybridized carbons (Fsp3) is 0.909. The molecule has 18 heavy (non-hydrogen) atoms. The predicted octanol–water partition coefficient (Wildman–Crippen LogP) is -0.344. The van der Waals surface area contributed by atoms with Gasteiger partial charge in [-0.25, -0.2) is 8.42 Å². The van der Waals surface area contributed by atoms with E-state index in [1.54, 1.807) is 11.2 Å². The van der Waals surface area contributed by atoms with E-state index in [0.29, 0.717) is 19.6 Å². The molecule has 7 heteroatoms. The van der Waals surface area contributed by atoms with Crippen LogP contribution in [-0.4, -0.2) is 50.1 Å². The van der Waals surface area contributed by atoms with Gasteiger partial charge in [-0.3, -0.25) is 4.79 Å². The van der Waals surface area contributed by atoms with Gasteiger partial charge in [0.05, 0.1) is 5.75 Å². The summed E-state index contributed by atoms with van der Waals surface area (Å²) in [5.74, 6) is -0.00261. The number of hydrogen-bond donors (Lipinski definition) is 2. The first kappa shape index (κ1) is 15.4. The molecular formula is C11H23N3O3S. The van der Waals surface area contributed by atoms with Gasteiger partial charge >= 0.3 is 0 Å². The van der Waals surface area contributed by atoms with Gasteiger partial charge in [-0.2, -0.15) is 4.31 Å². The lowest BCUT2D eigenvalue weighted by atomic mass is 10.1. The standard InChI is InChI=1S/C11H23N3O3S/c1-2-18(16,17)14-8-4-3-5-10(14)9-13-11(15)6-7-12/h10H,2-9,12H2,1H3,(H,13,15). The summed E-state index contributed by atoms with van der Waals surface area (Å²) in [6, 6.07) is -0.106. The number of hydrogen-bond acceptors (Lipinski definition) is 4. The van der Waals surface area contributed by atoms with Gasteiger partial charge in [-0.05, 0) is 19.8 Å². The minimum atomic E-state index is -3.17. The van der Waals surface area contributed by atoms with Crippen molar-refractivity contribution in [2.24, 2.45) is 5.73 Å². The van der Waals surface area contributed by atoms with Crippen LogP contribution in [0, 0.1) is 0 Å². The number of carbonyl (C=O) groups is 1. The van der Waals surface area contributed by atoms with E-state index in [1.807, 2.05) is 0 Å². The average Bonchev–Trinajstić information content (AvgIpc) is 2.37. The summed E-state index contributed by atoms with van der Waals surface area (Å²) in [5.41, 5.74) is 5.29. The lowest BCUT2D eigenvalue weighted by Crippen LogP contribution is -2.49. The van der Waals surface area contributed by atoms with Crippen molar-refractivity contribution in [2.75, 3.05) is 25.4 Å². The molecule has 0 aromatic heterocycles. The third-order valence-electron chi connectivity index (χ3n) is 3.20. The number of nitrogens with two attached hydrogens (primary N) is 1. The Morgan fingerprint density at radius 2 is 2.17 bits per heavy atom. The minimum Gasteiger partial charge on any atom is -0.354 e. The van der Waals surface area contributed by atoms with Crippen molar-refractivity contribution in [2.45, 2.75) is 38.6 Å². The smallest absolute Gasteiger partial charge is 0.221 e. The molecule has 1 amide bonds. The second-order valence-electron chi connectivity index (χ2n) is 4.50. The zero-order valence-corrected chi connectivity index (χ0v) is 11.7. The van der Waals surface area contributed by atoms with Crippen molar-refractivity contribution in [1.29, 1.82) is 0 Å². The molecule has 1 aliphatic heterocycles. The summed E-state index contributed by atoms with van der Waals surface area (Å²) in [7, 11) is -3.17. The quantitative estimate of drug-likeness (QED) is 0.694. The van der Waals surface area contributed by atoms with Crippen LogP contribution in [0.4, 0.5) is 0 Å². The minimum absolute atomic E-state index is 0.106. The van der Waals surface area contributed by atoms with E-state index in [4.69, 9.17) is 5.73 Å². The number of sulfonamides is 1. The summed E-state index contributed by atoms with van der Waals surface area (Å²) in [6.07, 6.45) is 3.00. The molecular weight excluding hydrogens is 254 g/mol. The molecule has 0 spiro atoms. The second-order valence-corrected chi connectivity index (χ2v) is 6.71. The molecule has 0 aromatic rings. The Bertz CT molecular complexity index is 370. The van der Waals surface area contributed by atoms with Crippen LogP contribution in [0.5, 0.6) is 0 Å². The molecule has 0 aliphatic carbocycles. The normalized spacial score (nSPS) is 21.8. The van der Waals surface area contributed by atoms with Crippen LogP contribution in [0.15, 0.2) is 0 Å². The topological polar surface area (TPSA) is 92.5 Å². The Labute approximate surface area is 109 Å². The largest absolute Gasteiger partial charge is 0.354 e. The van der Waals surface area contributed by atoms with E-state index in [0.717, 1.165) is 19.3 Å². The van der Waals surface area contributed by atoms with Crippen molar-refractivity contribution < 1.29 is 13.2 Å². The van der Waals surface area contributed by atoms with Crippen molar-refractivity contribution in [3.63, 3.8) is 0 Å². The number of piperidine rings is 1. The van der Waals surface area contributed by atoms with E-state index >= 15 is 0 Å². The zero-order valence-electron chi connectivity index (χ0n) is 10.9. The molecule has 6 nitrogen and oxygen atoms in total. The monoisotopic (exact) mass is 277 g/mol. The van der Waals surface area contributed by atoms with Gasteiger partial charge in [-0.1, -0.05) is 6.42 Å². The van der Waals surface area contributed by atoms with Crippen LogP contribution in [0.25, 0.3) is 0 Å². The van der Waals surface area contributed by atoms with E-state index in [-0.39, 0.29) is 24.1 Å². The molecule has 0 aromatic carbocycles. The highest BCUT2D eigenvalue weighted by Crippen LogP contribution is 2.20. The summed E-state index contributed by atoms with van der Waals surface area (Å²) < 4.78 is 25.4. The molecule has 1 fully saturated rings. The maximum Gasteiger partial charge on any atom is 0.221 e. The van der Waals surface area contributed by atoms with Crippen molar-refractivity contribution in [1.82, 2.24) is 9.62 Å². The van der Waals surface area contributed by atoms with E-state index < -0.39 is 10.0 Å². The average molecular weight is 277 g/mol. The fourth-order valence-corrected chi connectivity index (χ4v) is 3.53. The number of carbonyl (C=O) groups excluding carboxylic acids is 1. The maximum absolute atomic E-state index is 11.9. The Kier molecular flexibility index (Phi) is 6.04. The molecule has 1 rings (SSSR count). The molecule has 1 unspecified atom stereocenters. The number of rotatable bonds is 6. The van der Waals surface area contributed by atoms with E-state index in [9.17, 15) is 13.2 Å². The van der Waals surface area contributed by atoms with Crippen molar-refractivity contribution >= 4 is 15.9 Å². The van der Waals surface area contributed by atoms with Crippen LogP contribution in [0.3, 0.4) is 0 Å². The summed E-state index contributed by atoms with van der Waals surface area (Å²) in [5, 5.41) is 2.75. The molecule has 0 radical (unpaired) electrons. The van der Waals surface area contributed by atoms with Crippen LogP contribution < -0.4 is 11.1 Å². The highest BCUT2D eigenvalue weighted by atomic mass is 32.2. The van der Waals surface area contributed by atoms with Crippen LogP contribution in [0.1, 0.15) is 32.6 Å². The highest BCUT2D eigenvalue weighted by Gasteiger charge is 2.30. The lowest BCUT2D eigenvalue weighted by Gasteiger charge is -2.34. The summed E-state index contributed by atoms with van der Waals surface area (Å²) in [4.78, 5) is 11.4. The number of nitrogens with zero attached hydrogens (tertiary/aromatic N) is 1. The Morgan fingerprint density at radius 1 is 1.44 bits per heavy atom.